The molecule has 2 aromatic carbocycles. The van der Waals surface area contributed by atoms with Crippen molar-refractivity contribution in [1.29, 1.82) is 0 Å². The Morgan fingerprint density at radius 1 is 0.463 bits per heavy atom. The Morgan fingerprint density at radius 3 is 1.19 bits per heavy atom. The van der Waals surface area contributed by atoms with Crippen molar-refractivity contribution in [3.8, 4) is 20.9 Å². The number of halogens is 1. The number of Topliss-reactive ketones (excluding diaryl/α,β-unsaturated/α-hetero) is 2. The molecule has 4 fully saturated rings. The molecule has 9 aromatic rings. The van der Waals surface area contributed by atoms with Crippen molar-refractivity contribution in [3.05, 3.63) is 148 Å². The van der Waals surface area contributed by atoms with Crippen molar-refractivity contribution < 1.29 is 98.8 Å². The molecule has 0 spiro atoms. The second-order valence-corrected chi connectivity index (χ2v) is 33.6. The highest BCUT2D eigenvalue weighted by molar-refractivity contribution is 7.13. The highest BCUT2D eigenvalue weighted by Gasteiger charge is 2.33. The number of carboxylic acids is 1. The summed E-state index contributed by atoms with van der Waals surface area (Å²) in [5.41, 5.74) is 8.37. The zero-order valence-electron chi connectivity index (χ0n) is 70.2. The van der Waals surface area contributed by atoms with Crippen LogP contribution in [-0.2, 0) is 41.3 Å². The first kappa shape index (κ1) is 92.8. The molecular formula is C82H104ClN15O21S2. The number of nitrogens with two attached hydrogens (primary N) is 1. The van der Waals surface area contributed by atoms with E-state index in [0.29, 0.717) is 120 Å². The summed E-state index contributed by atoms with van der Waals surface area (Å²) in [6.07, 6.45) is 5.26. The second-order valence-electron chi connectivity index (χ2n) is 31.4. The first-order valence-corrected chi connectivity index (χ1v) is 41.2. The van der Waals surface area contributed by atoms with Crippen molar-refractivity contribution >= 4 is 124 Å². The van der Waals surface area contributed by atoms with Gasteiger partial charge in [-0.1, -0.05) is 24.3 Å². The van der Waals surface area contributed by atoms with Crippen LogP contribution >= 0.6 is 34.3 Å². The average Bonchev–Trinajstić information content (AvgIpc) is 1.53. The maximum absolute atomic E-state index is 13.3. The number of anilines is 6. The fourth-order valence-electron chi connectivity index (χ4n) is 11.7. The maximum Gasteiger partial charge on any atom is 0.412 e. The Morgan fingerprint density at radius 2 is 0.818 bits per heavy atom. The van der Waals surface area contributed by atoms with Crippen LogP contribution in [0.1, 0.15) is 161 Å². The number of ketones is 2. The van der Waals surface area contributed by atoms with Gasteiger partial charge in [-0.15, -0.1) is 22.7 Å². The summed E-state index contributed by atoms with van der Waals surface area (Å²) in [7, 11) is 0. The van der Waals surface area contributed by atoms with Gasteiger partial charge in [-0.2, -0.15) is 0 Å². The lowest BCUT2D eigenvalue weighted by Gasteiger charge is -2.34. The summed E-state index contributed by atoms with van der Waals surface area (Å²) in [6, 6.07) is 20.8. The Kier molecular flexibility index (Phi) is 32.4. The highest BCUT2D eigenvalue weighted by atomic mass is 35.5. The van der Waals surface area contributed by atoms with Gasteiger partial charge in [0, 0.05) is 139 Å². The number of aromatic carboxylic acids is 1. The lowest BCUT2D eigenvalue weighted by Crippen LogP contribution is -2.50. The highest BCUT2D eigenvalue weighted by Crippen LogP contribution is 2.33. The number of thiophene rings is 2. The van der Waals surface area contributed by atoms with E-state index in [9.17, 15) is 43.2 Å². The van der Waals surface area contributed by atoms with Gasteiger partial charge in [-0.05, 0) is 178 Å². The maximum atomic E-state index is 13.3. The number of amides is 4. The molecule has 36 nitrogen and oxygen atoms in total. The third-order valence-corrected chi connectivity index (χ3v) is 19.4. The SMILES string of the molecule is CC(C)(C)OC(=O)N1CCN(c2ncc(C(=O)O)o2)CC1.CC(C)(C)OC(=O)Nc1ccc(-c2cccs2)cc1CC(=O)c1cnc(N2CCN(C(=O)OC(C)(C)C)CC2)o1.CCOC(=O)c1cnc(Cl)o1.CCOC(=O)c1cnc(N2CCN(C(=O)OC(C)(C)C)CC2)o1.Nc1ccc(-c2cccs2)cc1CC(=O)c1cnc(N2CCNCC2)o1. The number of benzene rings is 2. The molecule has 11 heterocycles. The van der Waals surface area contributed by atoms with Crippen molar-refractivity contribution in [2.45, 2.75) is 132 Å². The molecule has 0 bridgehead atoms. The van der Waals surface area contributed by atoms with Crippen molar-refractivity contribution in [2.24, 2.45) is 0 Å². The molecule has 4 aliphatic heterocycles. The van der Waals surface area contributed by atoms with E-state index in [4.69, 9.17) is 63.8 Å². The standard InChI is InChI=1S/C29H36N4O6S.C19H20N4O2S.C15H23N3O5.C13H19N3O5.C6H6ClNO3/c1-28(2,3)38-26(35)31-21-10-9-19(24-8-7-15-40-24)16-20(21)17-22(34)23-18-30-25(37-23)32-11-13-33(14-12-32)27(36)39-29(4,5)6;20-15-4-3-13(18-2-1-9-26-18)10-14(15)11-16(24)17-12-22-19(25-17)23-7-5-21-6-8-23;1-5-21-12(19)11-10-16-13(22-11)17-6-8-18(9-7-17)14(20)23-15(2,3)4;1-13(2,3)21-12(19)16-6-4-15(5-7-16)11-14-8-9(20-11)10(17)18;1-2-10-5(9)4-3-8-6(7)11-4/h7-10,15-16,18H,11-14,17H2,1-6H3,(H,31,35);1-4,9-10,12,21H,5-8,11,20H2;10H,5-9H2,1-4H3;8H,4-7H2,1-3H3,(H,17,18);3H,2H2,1H3. The monoisotopic (exact) mass is 1730 g/mol. The van der Waals surface area contributed by atoms with Gasteiger partial charge < -0.3 is 101 Å². The van der Waals surface area contributed by atoms with Crippen molar-refractivity contribution in [1.82, 2.24) is 44.9 Å². The molecule has 0 aliphatic carbocycles. The number of hydrogen-bond acceptors (Lipinski definition) is 33. The Hall–Kier alpha value is -12.0. The van der Waals surface area contributed by atoms with Gasteiger partial charge in [-0.25, -0.2) is 58.5 Å². The fraction of sp³-hybridized carbons (Fsp3) is 0.463. The predicted molar refractivity (Wildman–Crippen MR) is 451 cm³/mol. The number of aromatic nitrogens is 5. The number of carbonyl (C=O) groups is 9. The first-order valence-electron chi connectivity index (χ1n) is 39.1. The van der Waals surface area contributed by atoms with E-state index in [2.05, 4.69) is 50.8 Å². The summed E-state index contributed by atoms with van der Waals surface area (Å²) >= 11 is 8.57. The lowest BCUT2D eigenvalue weighted by atomic mass is 10.0. The number of oxazole rings is 5. The molecule has 4 amide bonds. The topological polar surface area (TPSA) is 432 Å². The van der Waals surface area contributed by atoms with E-state index >= 15 is 0 Å². The molecule has 0 saturated carbocycles. The molecule has 0 radical (unpaired) electrons. The normalized spacial score (nSPS) is 14.4. The molecule has 4 aliphatic rings. The number of esters is 2. The number of piperazine rings is 4. The van der Waals surface area contributed by atoms with Crippen LogP contribution in [0.3, 0.4) is 0 Å². The van der Waals surface area contributed by atoms with E-state index in [1.807, 2.05) is 136 Å². The molecular weight excluding hydrogens is 1630 g/mol. The number of nitrogen functional groups attached to an aromatic ring is 1. The second kappa shape index (κ2) is 42.3. The van der Waals surface area contributed by atoms with Crippen LogP contribution in [0.25, 0.3) is 20.9 Å². The first-order chi connectivity index (χ1) is 57.3. The number of carboxylic acid groups (broad SMARTS) is 1. The van der Waals surface area contributed by atoms with Gasteiger partial charge in [0.2, 0.25) is 28.8 Å². The van der Waals surface area contributed by atoms with E-state index in [1.54, 1.807) is 83.0 Å². The number of nitrogens with one attached hydrogen (secondary N) is 2. The minimum absolute atomic E-state index is 0.00853. The summed E-state index contributed by atoms with van der Waals surface area (Å²) in [5.74, 6) is -2.32. The van der Waals surface area contributed by atoms with Crippen molar-refractivity contribution in [2.75, 3.05) is 149 Å². The van der Waals surface area contributed by atoms with Gasteiger partial charge in [0.05, 0.1) is 44.2 Å². The van der Waals surface area contributed by atoms with Crippen LogP contribution in [0.5, 0.6) is 0 Å². The van der Waals surface area contributed by atoms with Gasteiger partial charge in [0.1, 0.15) is 22.4 Å². The number of nitrogens with zero attached hydrogens (tertiary/aromatic N) is 12. The predicted octanol–water partition coefficient (Wildman–Crippen LogP) is 13.9. The van der Waals surface area contributed by atoms with Crippen LogP contribution < -0.4 is 36.0 Å². The average molecular weight is 1740 g/mol. The van der Waals surface area contributed by atoms with Crippen molar-refractivity contribution in [3.63, 3.8) is 0 Å². The largest absolute Gasteiger partial charge is 0.475 e. The summed E-state index contributed by atoms with van der Waals surface area (Å²) < 4.78 is 57.8. The van der Waals surface area contributed by atoms with Crippen LogP contribution in [0.2, 0.25) is 5.35 Å². The molecule has 652 valence electrons. The zero-order valence-corrected chi connectivity index (χ0v) is 72.6. The minimum atomic E-state index is -1.15. The Balaban J connectivity index is 0.000000181. The Bertz CT molecular complexity index is 4920. The van der Waals surface area contributed by atoms with E-state index in [0.717, 1.165) is 52.6 Å². The molecule has 7 aromatic heterocycles. The molecule has 121 heavy (non-hydrogen) atoms. The van der Waals surface area contributed by atoms with Gasteiger partial charge >= 0.3 is 42.3 Å². The molecule has 39 heteroatoms. The van der Waals surface area contributed by atoms with Crippen LogP contribution in [-0.4, -0.2) is 239 Å². The van der Waals surface area contributed by atoms with Gasteiger partial charge in [0.25, 0.3) is 29.4 Å². The van der Waals surface area contributed by atoms with Crippen LogP contribution in [0, 0.1) is 0 Å². The number of rotatable bonds is 18. The summed E-state index contributed by atoms with van der Waals surface area (Å²) in [6.45, 7) is 35.3. The van der Waals surface area contributed by atoms with E-state index in [1.165, 1.54) is 31.0 Å². The van der Waals surface area contributed by atoms with Gasteiger partial charge in [-0.3, -0.25) is 14.9 Å². The molecule has 5 N–H and O–H groups in total. The molecule has 4 saturated heterocycles. The van der Waals surface area contributed by atoms with E-state index < -0.39 is 46.4 Å². The number of hydrogen-bond donors (Lipinski definition) is 4. The van der Waals surface area contributed by atoms with Crippen LogP contribution in [0.4, 0.5) is 54.6 Å². The van der Waals surface area contributed by atoms with E-state index in [-0.39, 0.29) is 89.5 Å². The smallest absolute Gasteiger partial charge is 0.412 e. The Labute approximate surface area is 712 Å². The number of carbonyl (C=O) groups excluding carboxylic acids is 8. The summed E-state index contributed by atoms with van der Waals surface area (Å²) in [5, 5.41) is 18.8. The third-order valence-electron chi connectivity index (χ3n) is 17.4. The third kappa shape index (κ3) is 28.9. The molecule has 0 unspecified atom stereocenters. The summed E-state index contributed by atoms with van der Waals surface area (Å²) in [4.78, 5) is 143. The lowest BCUT2D eigenvalue weighted by molar-refractivity contribution is 0.0228. The van der Waals surface area contributed by atoms with Gasteiger partial charge in [0.15, 0.2) is 11.5 Å². The van der Waals surface area contributed by atoms with Crippen LogP contribution in [0.15, 0.2) is 124 Å². The molecule has 0 atom stereocenters. The fourth-order valence-corrected chi connectivity index (χ4v) is 13.3. The quantitative estimate of drug-likeness (QED) is 0.0268. The minimum Gasteiger partial charge on any atom is -0.475 e. The molecule has 13 rings (SSSR count). The number of ether oxygens (including phenoxy) is 6. The zero-order chi connectivity index (χ0) is 87.9.